The van der Waals surface area contributed by atoms with Crippen molar-refractivity contribution in [2.75, 3.05) is 0 Å². The van der Waals surface area contributed by atoms with Crippen molar-refractivity contribution in [3.63, 3.8) is 0 Å². The highest BCUT2D eigenvalue weighted by atomic mass is 35.5. The Hall–Kier alpha value is -2.95. The van der Waals surface area contributed by atoms with Gasteiger partial charge in [-0.3, -0.25) is 14.3 Å². The van der Waals surface area contributed by atoms with Gasteiger partial charge in [-0.2, -0.15) is 18.2 Å². The second-order valence-electron chi connectivity index (χ2n) is 8.18. The molecule has 0 spiro atoms. The van der Waals surface area contributed by atoms with Gasteiger partial charge in [-0.25, -0.2) is 4.98 Å². The van der Waals surface area contributed by atoms with Crippen molar-refractivity contribution in [2.45, 2.75) is 31.9 Å². The number of hydrogen-bond acceptors (Lipinski definition) is 6. The van der Waals surface area contributed by atoms with Crippen LogP contribution in [0.25, 0.3) is 22.4 Å². The Balaban J connectivity index is 1.64. The van der Waals surface area contributed by atoms with E-state index >= 15 is 0 Å². The molecular weight excluding hydrogens is 536 g/mol. The topological polar surface area (TPSA) is 80.9 Å². The summed E-state index contributed by atoms with van der Waals surface area (Å²) in [5.74, 6) is 0.101. The van der Waals surface area contributed by atoms with E-state index in [-0.39, 0.29) is 22.2 Å². The van der Waals surface area contributed by atoms with E-state index in [4.69, 9.17) is 23.2 Å². The summed E-state index contributed by atoms with van der Waals surface area (Å²) in [6.45, 7) is 2.02. The van der Waals surface area contributed by atoms with Crippen LogP contribution in [0.3, 0.4) is 0 Å². The maximum atomic E-state index is 13.2. The summed E-state index contributed by atoms with van der Waals surface area (Å²) in [6.07, 6.45) is -1.07. The molecule has 36 heavy (non-hydrogen) atoms. The molecule has 1 N–H and O–H groups in total. The fourth-order valence-electron chi connectivity index (χ4n) is 3.72. The van der Waals surface area contributed by atoms with Gasteiger partial charge in [0.25, 0.3) is 5.56 Å². The lowest BCUT2D eigenvalue weighted by molar-refractivity contribution is -0.137. The summed E-state index contributed by atoms with van der Waals surface area (Å²) in [4.78, 5) is 26.3. The maximum absolute atomic E-state index is 13.2. The summed E-state index contributed by atoms with van der Waals surface area (Å²) in [7, 11) is 1.57. The van der Waals surface area contributed by atoms with Crippen LogP contribution in [0.5, 0.6) is 5.88 Å². The molecule has 3 heterocycles. The molecule has 1 aromatic carbocycles. The largest absolute Gasteiger partial charge is 0.493 e. The number of rotatable bonds is 6. The van der Waals surface area contributed by atoms with Gasteiger partial charge in [-0.05, 0) is 30.0 Å². The molecule has 4 rings (SSSR count). The van der Waals surface area contributed by atoms with Crippen molar-refractivity contribution in [1.82, 2.24) is 19.5 Å². The van der Waals surface area contributed by atoms with Gasteiger partial charge in [-0.1, -0.05) is 48.3 Å². The van der Waals surface area contributed by atoms with Gasteiger partial charge >= 0.3 is 6.18 Å². The van der Waals surface area contributed by atoms with Gasteiger partial charge in [0.2, 0.25) is 5.88 Å². The number of thiazole rings is 1. The van der Waals surface area contributed by atoms with E-state index in [0.717, 1.165) is 10.9 Å². The predicted octanol–water partition coefficient (Wildman–Crippen LogP) is 6.73. The normalized spacial score (nSPS) is 12.6. The van der Waals surface area contributed by atoms with Gasteiger partial charge in [-0.15, -0.1) is 11.3 Å². The van der Waals surface area contributed by atoms with E-state index in [9.17, 15) is 23.1 Å². The number of aromatic nitrogens is 4. The Morgan fingerprint density at radius 3 is 2.50 bits per heavy atom. The van der Waals surface area contributed by atoms with Crippen molar-refractivity contribution < 1.29 is 18.3 Å². The molecule has 188 valence electrons. The molecule has 4 aromatic rings. The molecule has 6 nitrogen and oxygen atoms in total. The minimum Gasteiger partial charge on any atom is -0.493 e. The zero-order valence-corrected chi connectivity index (χ0v) is 21.3. The molecule has 0 fully saturated rings. The lowest BCUT2D eigenvalue weighted by atomic mass is 10.0. The Bertz CT molecular complexity index is 1490. The average molecular weight is 555 g/mol. The molecule has 1 atom stereocenters. The van der Waals surface area contributed by atoms with E-state index in [2.05, 4.69) is 15.0 Å². The van der Waals surface area contributed by atoms with Crippen molar-refractivity contribution in [3.05, 3.63) is 78.8 Å². The van der Waals surface area contributed by atoms with Gasteiger partial charge in [0.15, 0.2) is 4.47 Å². The van der Waals surface area contributed by atoms with Crippen molar-refractivity contribution >= 4 is 34.5 Å². The van der Waals surface area contributed by atoms with Gasteiger partial charge in [0.05, 0.1) is 16.3 Å². The molecular formula is C24H19Cl2F3N4O2S. The summed E-state index contributed by atoms with van der Waals surface area (Å²) in [6, 6.07) is 7.10. The van der Waals surface area contributed by atoms with Crippen LogP contribution in [0, 0.1) is 0 Å². The number of halogens is 5. The Labute approximate surface area is 218 Å². The summed E-state index contributed by atoms with van der Waals surface area (Å²) >= 11 is 13.4. The number of pyridine rings is 1. The first kappa shape index (κ1) is 26.1. The molecule has 0 saturated heterocycles. The number of nitrogens with zero attached hydrogens (tertiary/aromatic N) is 4. The number of aryl methyl sites for hydroxylation is 1. The number of aromatic hydroxyl groups is 1. The van der Waals surface area contributed by atoms with E-state index in [0.29, 0.717) is 40.5 Å². The van der Waals surface area contributed by atoms with Crippen LogP contribution in [-0.2, 0) is 19.6 Å². The highest BCUT2D eigenvalue weighted by molar-refractivity contribution is 7.15. The van der Waals surface area contributed by atoms with Gasteiger partial charge in [0.1, 0.15) is 11.4 Å². The van der Waals surface area contributed by atoms with Crippen LogP contribution < -0.4 is 5.56 Å². The smallest absolute Gasteiger partial charge is 0.417 e. The molecule has 0 aliphatic rings. The quantitative estimate of drug-likeness (QED) is 0.285. The molecule has 12 heteroatoms. The lowest BCUT2D eigenvalue weighted by Gasteiger charge is -2.14. The van der Waals surface area contributed by atoms with Crippen LogP contribution >= 0.6 is 34.5 Å². The van der Waals surface area contributed by atoms with Gasteiger partial charge in [0, 0.05) is 36.3 Å². The second-order valence-corrected chi connectivity index (χ2v) is 10.2. The van der Waals surface area contributed by atoms with Crippen LogP contribution in [0.2, 0.25) is 9.49 Å². The third-order valence-electron chi connectivity index (χ3n) is 5.74. The first-order valence-corrected chi connectivity index (χ1v) is 12.3. The zero-order valence-electron chi connectivity index (χ0n) is 19.0. The molecule has 0 saturated carbocycles. The monoisotopic (exact) mass is 554 g/mol. The minimum absolute atomic E-state index is 0.0339. The molecule has 0 radical (unpaired) electrons. The summed E-state index contributed by atoms with van der Waals surface area (Å²) < 4.78 is 40.7. The number of benzene rings is 1. The SMILES string of the molecule is CC(CCc1nc(O)c(-c2cccc(-c3ncc(C(F)(F)F)cc3Cl)c2)c(=O)n1C)c1cnc(Cl)s1. The first-order valence-electron chi connectivity index (χ1n) is 10.7. The summed E-state index contributed by atoms with van der Waals surface area (Å²) in [5.41, 5.74) is -0.636. The second kappa shape index (κ2) is 10.2. The Kier molecular flexibility index (Phi) is 7.40. The number of hydrogen-bond donors (Lipinski definition) is 1. The predicted molar refractivity (Wildman–Crippen MR) is 134 cm³/mol. The minimum atomic E-state index is -4.58. The van der Waals surface area contributed by atoms with Crippen LogP contribution in [-0.4, -0.2) is 24.6 Å². The average Bonchev–Trinajstić information content (AvgIpc) is 3.26. The Morgan fingerprint density at radius 1 is 1.14 bits per heavy atom. The Morgan fingerprint density at radius 2 is 1.86 bits per heavy atom. The maximum Gasteiger partial charge on any atom is 0.417 e. The van der Waals surface area contributed by atoms with Gasteiger partial charge < -0.3 is 5.11 Å². The molecule has 0 aliphatic heterocycles. The van der Waals surface area contributed by atoms with E-state index < -0.39 is 23.2 Å². The fourth-order valence-corrected chi connectivity index (χ4v) is 5.03. The highest BCUT2D eigenvalue weighted by Crippen LogP contribution is 2.36. The van der Waals surface area contributed by atoms with Crippen LogP contribution in [0.15, 0.2) is 47.5 Å². The summed E-state index contributed by atoms with van der Waals surface area (Å²) in [5, 5.41) is 10.5. The van der Waals surface area contributed by atoms with E-state index in [1.165, 1.54) is 22.0 Å². The molecule has 3 aromatic heterocycles. The molecule has 0 aliphatic carbocycles. The van der Waals surface area contributed by atoms with Crippen molar-refractivity contribution in [3.8, 4) is 28.3 Å². The van der Waals surface area contributed by atoms with Crippen LogP contribution in [0.1, 0.15) is 35.5 Å². The molecule has 0 amide bonds. The number of alkyl halides is 3. The van der Waals surface area contributed by atoms with Crippen molar-refractivity contribution in [2.24, 2.45) is 7.05 Å². The first-order chi connectivity index (χ1) is 17.0. The lowest BCUT2D eigenvalue weighted by Crippen LogP contribution is -2.24. The molecule has 1 unspecified atom stereocenters. The third kappa shape index (κ3) is 5.40. The third-order valence-corrected chi connectivity index (χ3v) is 7.37. The zero-order chi connectivity index (χ0) is 26.2. The van der Waals surface area contributed by atoms with E-state index in [1.807, 2.05) is 6.92 Å². The fraction of sp³-hybridized carbons (Fsp3) is 0.250. The standard InChI is InChI=1S/C24H19Cl2F3N4O2S/c1-12(17-11-31-23(26)36-17)6-7-18-32-21(34)19(22(35)33(18)2)13-4-3-5-14(8-13)20-16(25)9-15(10-30-20)24(27,28)29/h3-5,8-12,34H,6-7H2,1-2H3. The van der Waals surface area contributed by atoms with Crippen molar-refractivity contribution in [1.29, 1.82) is 0 Å². The highest BCUT2D eigenvalue weighted by Gasteiger charge is 2.31. The molecule has 0 bridgehead atoms. The van der Waals surface area contributed by atoms with Crippen LogP contribution in [0.4, 0.5) is 13.2 Å². The van der Waals surface area contributed by atoms with E-state index in [1.54, 1.807) is 31.4 Å².